The number of carbonyl (C=O) groups is 1. The molecule has 2 aromatic rings. The predicted octanol–water partition coefficient (Wildman–Crippen LogP) is 4.16. The summed E-state index contributed by atoms with van der Waals surface area (Å²) in [6.07, 6.45) is -0.748. The van der Waals surface area contributed by atoms with Crippen LogP contribution < -0.4 is 0 Å². The molecular weight excluding hydrogens is 288 g/mol. The summed E-state index contributed by atoms with van der Waals surface area (Å²) in [5, 5.41) is 0.615. The molecule has 0 aliphatic carbocycles. The molecule has 1 atom stereocenters. The van der Waals surface area contributed by atoms with Crippen LogP contribution in [0.15, 0.2) is 54.6 Å². The molecule has 0 heterocycles. The van der Waals surface area contributed by atoms with Gasteiger partial charge in [-0.15, -0.1) is 0 Å². The Balaban J connectivity index is 2.12. The fourth-order valence-electron chi connectivity index (χ4n) is 1.91. The Labute approximate surface area is 129 Å². The van der Waals surface area contributed by atoms with E-state index in [1.807, 2.05) is 30.3 Å². The quantitative estimate of drug-likeness (QED) is 0.752. The normalized spacial score (nSPS) is 11.9. The van der Waals surface area contributed by atoms with E-state index in [9.17, 15) is 4.79 Å². The van der Waals surface area contributed by atoms with E-state index in [4.69, 9.17) is 21.1 Å². The number of halogens is 1. The summed E-state index contributed by atoms with van der Waals surface area (Å²) < 4.78 is 10.8. The van der Waals surface area contributed by atoms with Gasteiger partial charge in [-0.25, -0.2) is 4.79 Å². The number of ether oxygens (including phenoxy) is 2. The van der Waals surface area contributed by atoms with Crippen LogP contribution in [0.5, 0.6) is 0 Å². The van der Waals surface area contributed by atoms with Gasteiger partial charge >= 0.3 is 5.97 Å². The average Bonchev–Trinajstić information content (AvgIpc) is 2.50. The molecule has 0 N–H and O–H groups in total. The molecule has 2 aromatic carbocycles. The first-order valence-corrected chi connectivity index (χ1v) is 7.16. The number of hydrogen-bond donors (Lipinski definition) is 0. The van der Waals surface area contributed by atoms with Crippen molar-refractivity contribution in [3.05, 3.63) is 70.7 Å². The van der Waals surface area contributed by atoms with Crippen LogP contribution in [0, 0.1) is 0 Å². The molecule has 0 radical (unpaired) electrons. The second-order valence-electron chi connectivity index (χ2n) is 4.48. The second kappa shape index (κ2) is 7.81. The summed E-state index contributed by atoms with van der Waals surface area (Å²) in [6.45, 7) is 2.43. The lowest BCUT2D eigenvalue weighted by Gasteiger charge is -2.17. The van der Waals surface area contributed by atoms with E-state index in [-0.39, 0.29) is 0 Å². The molecule has 0 spiro atoms. The molecule has 0 aliphatic heterocycles. The van der Waals surface area contributed by atoms with E-state index in [1.165, 1.54) is 0 Å². The zero-order valence-corrected chi connectivity index (χ0v) is 12.5. The van der Waals surface area contributed by atoms with Crippen molar-refractivity contribution < 1.29 is 14.3 Å². The number of hydrogen-bond acceptors (Lipinski definition) is 3. The highest BCUT2D eigenvalue weighted by Gasteiger charge is 2.22. The standard InChI is InChI=1S/C17H17ClO3/c1-2-20-17(19)16(14-8-10-15(18)11-9-14)21-12-13-6-4-3-5-7-13/h3-11,16H,2,12H2,1H3. The van der Waals surface area contributed by atoms with E-state index >= 15 is 0 Å². The molecule has 21 heavy (non-hydrogen) atoms. The SMILES string of the molecule is CCOC(=O)C(OCc1ccccc1)c1ccc(Cl)cc1. The Morgan fingerprint density at radius 3 is 2.38 bits per heavy atom. The van der Waals surface area contributed by atoms with Crippen LogP contribution >= 0.6 is 11.6 Å². The van der Waals surface area contributed by atoms with Crippen molar-refractivity contribution in [1.29, 1.82) is 0 Å². The summed E-state index contributed by atoms with van der Waals surface area (Å²) in [5.41, 5.74) is 1.73. The Morgan fingerprint density at radius 2 is 1.76 bits per heavy atom. The van der Waals surface area contributed by atoms with E-state index in [1.54, 1.807) is 31.2 Å². The molecule has 0 saturated carbocycles. The Bertz CT molecular complexity index is 566. The van der Waals surface area contributed by atoms with Gasteiger partial charge in [-0.05, 0) is 30.2 Å². The molecule has 0 aliphatic rings. The Hall–Kier alpha value is -1.84. The van der Waals surface area contributed by atoms with Crippen LogP contribution in [0.3, 0.4) is 0 Å². The molecule has 4 heteroatoms. The van der Waals surface area contributed by atoms with Crippen LogP contribution in [0.4, 0.5) is 0 Å². The third kappa shape index (κ3) is 4.59. The monoisotopic (exact) mass is 304 g/mol. The third-order valence-corrected chi connectivity index (χ3v) is 3.18. The van der Waals surface area contributed by atoms with Gasteiger partial charge in [0, 0.05) is 5.02 Å². The van der Waals surface area contributed by atoms with Gasteiger partial charge in [0.15, 0.2) is 6.10 Å². The number of carbonyl (C=O) groups excluding carboxylic acids is 1. The minimum atomic E-state index is -0.748. The lowest BCUT2D eigenvalue weighted by Crippen LogP contribution is -2.19. The van der Waals surface area contributed by atoms with Crippen molar-refractivity contribution in [3.8, 4) is 0 Å². The third-order valence-electron chi connectivity index (χ3n) is 2.93. The van der Waals surface area contributed by atoms with Crippen molar-refractivity contribution >= 4 is 17.6 Å². The van der Waals surface area contributed by atoms with Gasteiger partial charge in [0.1, 0.15) is 0 Å². The fourth-order valence-corrected chi connectivity index (χ4v) is 2.04. The fraction of sp³-hybridized carbons (Fsp3) is 0.235. The van der Waals surface area contributed by atoms with Gasteiger partial charge in [0.25, 0.3) is 0 Å². The minimum absolute atomic E-state index is 0.317. The van der Waals surface area contributed by atoms with Gasteiger partial charge < -0.3 is 9.47 Å². The molecule has 0 saturated heterocycles. The first-order chi connectivity index (χ1) is 10.2. The maximum Gasteiger partial charge on any atom is 0.339 e. The Kier molecular flexibility index (Phi) is 5.78. The lowest BCUT2D eigenvalue weighted by atomic mass is 10.1. The van der Waals surface area contributed by atoms with Crippen molar-refractivity contribution in [1.82, 2.24) is 0 Å². The molecule has 0 bridgehead atoms. The van der Waals surface area contributed by atoms with Crippen LogP contribution in [0.2, 0.25) is 5.02 Å². The van der Waals surface area contributed by atoms with Gasteiger partial charge in [0.2, 0.25) is 0 Å². The average molecular weight is 305 g/mol. The number of esters is 1. The summed E-state index contributed by atoms with van der Waals surface area (Å²) >= 11 is 5.87. The van der Waals surface area contributed by atoms with Gasteiger partial charge in [-0.3, -0.25) is 0 Å². The Morgan fingerprint density at radius 1 is 1.10 bits per heavy atom. The van der Waals surface area contributed by atoms with Gasteiger partial charge in [0.05, 0.1) is 13.2 Å². The van der Waals surface area contributed by atoms with E-state index in [0.717, 1.165) is 11.1 Å². The second-order valence-corrected chi connectivity index (χ2v) is 4.92. The van der Waals surface area contributed by atoms with Crippen molar-refractivity contribution in [2.75, 3.05) is 6.61 Å². The smallest absolute Gasteiger partial charge is 0.339 e. The van der Waals surface area contributed by atoms with E-state index in [0.29, 0.717) is 18.2 Å². The summed E-state index contributed by atoms with van der Waals surface area (Å²) in [5.74, 6) is -0.393. The molecule has 1 unspecified atom stereocenters. The largest absolute Gasteiger partial charge is 0.464 e. The first kappa shape index (κ1) is 15.5. The lowest BCUT2D eigenvalue weighted by molar-refractivity contribution is -0.158. The highest BCUT2D eigenvalue weighted by Crippen LogP contribution is 2.22. The maximum absolute atomic E-state index is 12.1. The van der Waals surface area contributed by atoms with Crippen LogP contribution in [0.25, 0.3) is 0 Å². The highest BCUT2D eigenvalue weighted by molar-refractivity contribution is 6.30. The molecule has 0 amide bonds. The molecule has 0 fully saturated rings. The predicted molar refractivity (Wildman–Crippen MR) is 82.1 cm³/mol. The van der Waals surface area contributed by atoms with Crippen molar-refractivity contribution in [2.24, 2.45) is 0 Å². The zero-order valence-electron chi connectivity index (χ0n) is 11.8. The van der Waals surface area contributed by atoms with Gasteiger partial charge in [-0.2, -0.15) is 0 Å². The molecule has 3 nitrogen and oxygen atoms in total. The van der Waals surface area contributed by atoms with Crippen LogP contribution in [0.1, 0.15) is 24.2 Å². The maximum atomic E-state index is 12.1. The van der Waals surface area contributed by atoms with Crippen molar-refractivity contribution in [3.63, 3.8) is 0 Å². The first-order valence-electron chi connectivity index (χ1n) is 6.78. The number of rotatable bonds is 6. The molecule has 110 valence electrons. The highest BCUT2D eigenvalue weighted by atomic mass is 35.5. The number of benzene rings is 2. The molecule has 2 rings (SSSR count). The minimum Gasteiger partial charge on any atom is -0.464 e. The summed E-state index contributed by atoms with van der Waals surface area (Å²) in [4.78, 5) is 12.1. The zero-order chi connectivity index (χ0) is 15.1. The molecular formula is C17H17ClO3. The van der Waals surface area contributed by atoms with E-state index in [2.05, 4.69) is 0 Å². The van der Waals surface area contributed by atoms with E-state index < -0.39 is 12.1 Å². The van der Waals surface area contributed by atoms with Gasteiger partial charge in [-0.1, -0.05) is 54.1 Å². The van der Waals surface area contributed by atoms with Crippen molar-refractivity contribution in [2.45, 2.75) is 19.6 Å². The van der Waals surface area contributed by atoms with Crippen LogP contribution in [-0.2, 0) is 20.9 Å². The summed E-state index contributed by atoms with van der Waals surface area (Å²) in [7, 11) is 0. The van der Waals surface area contributed by atoms with Crippen LogP contribution in [-0.4, -0.2) is 12.6 Å². The molecule has 0 aromatic heterocycles. The topological polar surface area (TPSA) is 35.5 Å². The summed E-state index contributed by atoms with van der Waals surface area (Å²) in [6, 6.07) is 16.7.